The van der Waals surface area contributed by atoms with Crippen LogP contribution in [-0.2, 0) is 42.6 Å². The molecule has 0 N–H and O–H groups in total. The summed E-state index contributed by atoms with van der Waals surface area (Å²) in [6.45, 7) is 12.0. The normalized spacial score (nSPS) is 11.1. The zero-order valence-corrected chi connectivity index (χ0v) is 25.1. The first-order valence-corrected chi connectivity index (χ1v) is 13.9. The van der Waals surface area contributed by atoms with Crippen molar-refractivity contribution in [2.24, 2.45) is 0 Å². The topological polar surface area (TPSA) is 111 Å². The van der Waals surface area contributed by atoms with Crippen molar-refractivity contribution in [3.63, 3.8) is 0 Å². The molecule has 0 aromatic heterocycles. The second-order valence-corrected chi connectivity index (χ2v) is 8.25. The van der Waals surface area contributed by atoms with Gasteiger partial charge in [0.25, 0.3) is 0 Å². The molecule has 0 fully saturated rings. The molecule has 0 aliphatic heterocycles. The molecule has 0 aliphatic rings. The Hall–Kier alpha value is -2.00. The first-order chi connectivity index (χ1) is 20.3. The second kappa shape index (κ2) is 28.1. The van der Waals surface area contributed by atoms with Gasteiger partial charge in [-0.3, -0.25) is 0 Å². The Kier molecular flexibility index (Phi) is 25.4. The van der Waals surface area contributed by atoms with Gasteiger partial charge in [-0.05, 0) is 17.7 Å². The van der Waals surface area contributed by atoms with E-state index in [9.17, 15) is 0 Å². The van der Waals surface area contributed by atoms with E-state index in [1.165, 1.54) is 0 Å². The fourth-order valence-electron chi connectivity index (χ4n) is 3.09. The molecule has 1 aromatic rings. The standard InChI is InChI=1S/C29H50O12/c1-5-26-24-27(39-21-18-36-15-12-33-9-6-30-2)29(41-23-20-38-17-14-35-11-8-32-4)28(25-26)40-22-19-37-16-13-34-10-7-31-3/h5,24-25H,1,6-23H2,2-4H3. The smallest absolute Gasteiger partial charge is 0.203 e. The summed E-state index contributed by atoms with van der Waals surface area (Å²) in [6.07, 6.45) is 1.72. The minimum absolute atomic E-state index is 0.294. The second-order valence-electron chi connectivity index (χ2n) is 8.25. The minimum Gasteiger partial charge on any atom is -0.487 e. The molecule has 12 heteroatoms. The average molecular weight is 591 g/mol. The van der Waals surface area contributed by atoms with Crippen LogP contribution in [-0.4, -0.2) is 140 Å². The summed E-state index contributed by atoms with van der Waals surface area (Å²) in [5.74, 6) is 1.52. The lowest BCUT2D eigenvalue weighted by Gasteiger charge is -2.18. The van der Waals surface area contributed by atoms with E-state index >= 15 is 0 Å². The van der Waals surface area contributed by atoms with Gasteiger partial charge in [0.2, 0.25) is 5.75 Å². The van der Waals surface area contributed by atoms with Crippen molar-refractivity contribution in [3.05, 3.63) is 24.3 Å². The largest absolute Gasteiger partial charge is 0.487 e. The molecule has 0 radical (unpaired) electrons. The summed E-state index contributed by atoms with van der Waals surface area (Å²) in [5.41, 5.74) is 0.826. The third kappa shape index (κ3) is 20.5. The highest BCUT2D eigenvalue weighted by Crippen LogP contribution is 2.39. The maximum absolute atomic E-state index is 6.06. The maximum Gasteiger partial charge on any atom is 0.203 e. The number of rotatable bonds is 31. The van der Waals surface area contributed by atoms with Crippen LogP contribution in [0.3, 0.4) is 0 Å². The Morgan fingerprint density at radius 2 is 0.732 bits per heavy atom. The Morgan fingerprint density at radius 1 is 0.439 bits per heavy atom. The van der Waals surface area contributed by atoms with Gasteiger partial charge in [0.05, 0.1) is 99.1 Å². The van der Waals surface area contributed by atoms with E-state index in [0.717, 1.165) is 5.56 Å². The van der Waals surface area contributed by atoms with E-state index in [2.05, 4.69) is 6.58 Å². The summed E-state index contributed by atoms with van der Waals surface area (Å²) >= 11 is 0. The lowest BCUT2D eigenvalue weighted by Crippen LogP contribution is -2.15. The van der Waals surface area contributed by atoms with Gasteiger partial charge < -0.3 is 56.8 Å². The predicted molar refractivity (Wildman–Crippen MR) is 154 cm³/mol. The van der Waals surface area contributed by atoms with Gasteiger partial charge in [0.1, 0.15) is 19.8 Å². The van der Waals surface area contributed by atoms with Gasteiger partial charge >= 0.3 is 0 Å². The summed E-state index contributed by atoms with van der Waals surface area (Å²) in [5, 5.41) is 0. The monoisotopic (exact) mass is 590 g/mol. The Balaban J connectivity index is 2.61. The molecule has 238 valence electrons. The summed E-state index contributed by atoms with van der Waals surface area (Å²) in [4.78, 5) is 0. The van der Waals surface area contributed by atoms with Crippen LogP contribution < -0.4 is 14.2 Å². The highest BCUT2D eigenvalue weighted by atomic mass is 16.6. The quantitative estimate of drug-likeness (QED) is 0.119. The minimum atomic E-state index is 0.294. The lowest BCUT2D eigenvalue weighted by atomic mass is 10.2. The lowest BCUT2D eigenvalue weighted by molar-refractivity contribution is 0.0146. The molecule has 0 atom stereocenters. The van der Waals surface area contributed by atoms with Crippen molar-refractivity contribution in [3.8, 4) is 17.2 Å². The number of benzene rings is 1. The van der Waals surface area contributed by atoms with Crippen LogP contribution in [0.5, 0.6) is 17.2 Å². The van der Waals surface area contributed by atoms with Gasteiger partial charge in [-0.2, -0.15) is 0 Å². The van der Waals surface area contributed by atoms with E-state index in [0.29, 0.717) is 136 Å². The first kappa shape index (κ1) is 37.0. The molecule has 0 amide bonds. The van der Waals surface area contributed by atoms with E-state index in [1.54, 1.807) is 27.4 Å². The van der Waals surface area contributed by atoms with Crippen LogP contribution in [0.4, 0.5) is 0 Å². The molecule has 0 heterocycles. The van der Waals surface area contributed by atoms with Crippen molar-refractivity contribution in [1.82, 2.24) is 0 Å². The van der Waals surface area contributed by atoms with Crippen LogP contribution in [0.25, 0.3) is 6.08 Å². The molecule has 1 aromatic carbocycles. The van der Waals surface area contributed by atoms with Gasteiger partial charge in [0.15, 0.2) is 11.5 Å². The van der Waals surface area contributed by atoms with E-state index < -0.39 is 0 Å². The Morgan fingerprint density at radius 3 is 1.05 bits per heavy atom. The van der Waals surface area contributed by atoms with Crippen molar-refractivity contribution < 1.29 is 56.8 Å². The molecule has 0 spiro atoms. The third-order valence-electron chi connectivity index (χ3n) is 5.13. The van der Waals surface area contributed by atoms with Crippen molar-refractivity contribution in [1.29, 1.82) is 0 Å². The highest BCUT2D eigenvalue weighted by molar-refractivity contribution is 5.61. The Labute approximate surface area is 244 Å². The molecule has 0 saturated heterocycles. The van der Waals surface area contributed by atoms with Gasteiger partial charge in [-0.1, -0.05) is 12.7 Å². The Bertz CT molecular complexity index is 691. The van der Waals surface area contributed by atoms with Crippen molar-refractivity contribution in [2.75, 3.05) is 140 Å². The number of hydrogen-bond acceptors (Lipinski definition) is 12. The average Bonchev–Trinajstić information content (AvgIpc) is 2.99. The number of ether oxygens (including phenoxy) is 12. The van der Waals surface area contributed by atoms with Crippen LogP contribution in [0.1, 0.15) is 5.56 Å². The molecular weight excluding hydrogens is 540 g/mol. The molecule has 0 aliphatic carbocycles. The van der Waals surface area contributed by atoms with Crippen LogP contribution in [0, 0.1) is 0 Å². The first-order valence-electron chi connectivity index (χ1n) is 13.9. The molecule has 1 rings (SSSR count). The molecular formula is C29H50O12. The molecule has 41 heavy (non-hydrogen) atoms. The summed E-state index contributed by atoms with van der Waals surface area (Å²) < 4.78 is 66.0. The highest BCUT2D eigenvalue weighted by Gasteiger charge is 2.15. The zero-order chi connectivity index (χ0) is 29.6. The van der Waals surface area contributed by atoms with Gasteiger partial charge in [-0.15, -0.1) is 0 Å². The molecule has 0 bridgehead atoms. The van der Waals surface area contributed by atoms with Crippen LogP contribution in [0.15, 0.2) is 18.7 Å². The van der Waals surface area contributed by atoms with E-state index in [-0.39, 0.29) is 0 Å². The number of hydrogen-bond donors (Lipinski definition) is 0. The SMILES string of the molecule is C=Cc1cc(OCCOCCOCCOC)c(OCCOCCOCCOC)c(OCCOCCOCCOC)c1. The van der Waals surface area contributed by atoms with E-state index in [4.69, 9.17) is 56.8 Å². The molecule has 0 unspecified atom stereocenters. The van der Waals surface area contributed by atoms with Crippen LogP contribution in [0.2, 0.25) is 0 Å². The van der Waals surface area contributed by atoms with Gasteiger partial charge in [-0.25, -0.2) is 0 Å². The van der Waals surface area contributed by atoms with Crippen molar-refractivity contribution >= 4 is 6.08 Å². The summed E-state index contributed by atoms with van der Waals surface area (Å²) in [6, 6.07) is 3.70. The zero-order valence-electron chi connectivity index (χ0n) is 25.1. The molecule has 0 saturated carbocycles. The van der Waals surface area contributed by atoms with Gasteiger partial charge in [0, 0.05) is 21.3 Å². The molecule has 12 nitrogen and oxygen atoms in total. The fraction of sp³-hybridized carbons (Fsp3) is 0.724. The fourth-order valence-corrected chi connectivity index (χ4v) is 3.09. The summed E-state index contributed by atoms with van der Waals surface area (Å²) in [7, 11) is 4.91. The number of methoxy groups -OCH3 is 3. The third-order valence-corrected chi connectivity index (χ3v) is 5.13. The van der Waals surface area contributed by atoms with E-state index in [1.807, 2.05) is 12.1 Å². The predicted octanol–water partition coefficient (Wildman–Crippen LogP) is 2.50. The maximum atomic E-state index is 6.06. The van der Waals surface area contributed by atoms with Crippen molar-refractivity contribution in [2.45, 2.75) is 0 Å². The van der Waals surface area contributed by atoms with Crippen LogP contribution >= 0.6 is 0 Å².